The quantitative estimate of drug-likeness (QED) is 0.466. The van der Waals surface area contributed by atoms with Gasteiger partial charge in [0, 0.05) is 36.7 Å². The number of carbonyl (C=O) groups is 3. The number of nitrogens with two attached hydrogens (primary N) is 1. The molecule has 194 valence electrons. The van der Waals surface area contributed by atoms with Crippen LogP contribution in [0.15, 0.2) is 42.5 Å². The minimum absolute atomic E-state index is 0.0267. The number of methoxy groups -OCH3 is 1. The Bertz CT molecular complexity index is 1340. The van der Waals surface area contributed by atoms with Crippen molar-refractivity contribution >= 4 is 17.8 Å². The highest BCUT2D eigenvalue weighted by atomic mass is 16.6. The average molecular weight is 506 g/mol. The third kappa shape index (κ3) is 5.47. The molecule has 1 aliphatic heterocycles. The Morgan fingerprint density at radius 3 is 2.41 bits per heavy atom. The van der Waals surface area contributed by atoms with Crippen LogP contribution in [0.3, 0.4) is 0 Å². The summed E-state index contributed by atoms with van der Waals surface area (Å²) in [5, 5.41) is 8.57. The van der Waals surface area contributed by atoms with Gasteiger partial charge in [0.05, 0.1) is 12.8 Å². The van der Waals surface area contributed by atoms with Crippen LogP contribution in [0.5, 0.6) is 5.75 Å². The van der Waals surface area contributed by atoms with Crippen molar-refractivity contribution in [2.75, 3.05) is 7.11 Å². The molecule has 0 bridgehead atoms. The van der Waals surface area contributed by atoms with E-state index >= 15 is 0 Å². The lowest BCUT2D eigenvalue weighted by Crippen LogP contribution is -2.45. The van der Waals surface area contributed by atoms with Crippen molar-refractivity contribution in [3.05, 3.63) is 53.6 Å². The van der Waals surface area contributed by atoms with Gasteiger partial charge in [0.2, 0.25) is 5.91 Å². The van der Waals surface area contributed by atoms with Gasteiger partial charge < -0.3 is 20.1 Å². The van der Waals surface area contributed by atoms with E-state index in [1.54, 1.807) is 38.6 Å². The number of benzene rings is 2. The molecule has 10 heteroatoms. The second kappa shape index (κ2) is 10.0. The Hall–Kier alpha value is -4.21. The molecule has 0 radical (unpaired) electrons. The maximum absolute atomic E-state index is 13.2. The van der Waals surface area contributed by atoms with Crippen molar-refractivity contribution in [2.24, 2.45) is 12.8 Å². The number of hydrogen-bond donors (Lipinski definition) is 1. The van der Waals surface area contributed by atoms with Gasteiger partial charge in [-0.2, -0.15) is 0 Å². The van der Waals surface area contributed by atoms with Gasteiger partial charge >= 0.3 is 5.97 Å². The Balaban J connectivity index is 1.58. The SMILES string of the molecule is COc1ccc(-c2c(-c3ccc4c(c3)CN(C(CCC(=O)OC(C)(C)C)C(N)=O)C4=O)nnn2C)cc1. The second-order valence-electron chi connectivity index (χ2n) is 9.99. The van der Waals surface area contributed by atoms with E-state index in [1.165, 1.54) is 4.90 Å². The second-order valence-corrected chi connectivity index (χ2v) is 9.99. The molecule has 3 aromatic rings. The molecule has 0 fully saturated rings. The number of rotatable bonds is 8. The Morgan fingerprint density at radius 1 is 1.11 bits per heavy atom. The van der Waals surface area contributed by atoms with Crippen LogP contribution in [0.4, 0.5) is 0 Å². The molecule has 10 nitrogen and oxygen atoms in total. The first kappa shape index (κ1) is 25.9. The van der Waals surface area contributed by atoms with Crippen LogP contribution in [-0.2, 0) is 27.9 Å². The minimum Gasteiger partial charge on any atom is -0.497 e. The minimum atomic E-state index is -0.928. The van der Waals surface area contributed by atoms with Crippen molar-refractivity contribution in [2.45, 2.75) is 51.8 Å². The van der Waals surface area contributed by atoms with E-state index < -0.39 is 23.5 Å². The molecular weight excluding hydrogens is 474 g/mol. The van der Waals surface area contributed by atoms with Crippen molar-refractivity contribution in [3.8, 4) is 28.3 Å². The van der Waals surface area contributed by atoms with Crippen LogP contribution >= 0.6 is 0 Å². The van der Waals surface area contributed by atoms with E-state index in [0.717, 1.165) is 28.1 Å². The Kier molecular flexibility index (Phi) is 7.02. The van der Waals surface area contributed by atoms with Crippen LogP contribution < -0.4 is 10.5 Å². The van der Waals surface area contributed by atoms with Gasteiger partial charge in [0.1, 0.15) is 23.1 Å². The summed E-state index contributed by atoms with van der Waals surface area (Å²) in [6.45, 7) is 5.51. The summed E-state index contributed by atoms with van der Waals surface area (Å²) < 4.78 is 12.3. The fourth-order valence-corrected chi connectivity index (χ4v) is 4.47. The van der Waals surface area contributed by atoms with Crippen LogP contribution in [0.25, 0.3) is 22.5 Å². The van der Waals surface area contributed by atoms with Gasteiger partial charge in [-0.05, 0) is 69.2 Å². The molecule has 2 aromatic carbocycles. The molecular formula is C27H31N5O5. The molecule has 2 heterocycles. The number of primary amides is 1. The van der Waals surface area contributed by atoms with Crippen molar-refractivity contribution in [1.29, 1.82) is 0 Å². The maximum atomic E-state index is 13.2. The smallest absolute Gasteiger partial charge is 0.306 e. The number of fused-ring (bicyclic) bond motifs is 1. The van der Waals surface area contributed by atoms with Gasteiger partial charge in [-0.1, -0.05) is 11.3 Å². The molecule has 1 aromatic heterocycles. The van der Waals surface area contributed by atoms with E-state index in [0.29, 0.717) is 11.3 Å². The predicted octanol–water partition coefficient (Wildman–Crippen LogP) is 3.09. The summed E-state index contributed by atoms with van der Waals surface area (Å²) in [5.41, 5.74) is 9.42. The Morgan fingerprint density at radius 2 is 1.78 bits per heavy atom. The van der Waals surface area contributed by atoms with E-state index in [9.17, 15) is 14.4 Å². The normalized spacial score (nSPS) is 13.9. The third-order valence-electron chi connectivity index (χ3n) is 6.15. The lowest BCUT2D eigenvalue weighted by Gasteiger charge is -2.25. The predicted molar refractivity (Wildman–Crippen MR) is 136 cm³/mol. The lowest BCUT2D eigenvalue weighted by atomic mass is 10.0. The van der Waals surface area contributed by atoms with Crippen molar-refractivity contribution in [3.63, 3.8) is 0 Å². The molecule has 1 unspecified atom stereocenters. The monoisotopic (exact) mass is 505 g/mol. The van der Waals surface area contributed by atoms with Crippen LogP contribution in [0.1, 0.15) is 49.5 Å². The van der Waals surface area contributed by atoms with E-state index in [1.807, 2.05) is 43.4 Å². The highest BCUT2D eigenvalue weighted by molar-refractivity contribution is 6.01. The number of aromatic nitrogens is 3. The number of nitrogens with zero attached hydrogens (tertiary/aromatic N) is 4. The maximum Gasteiger partial charge on any atom is 0.306 e. The number of hydrogen-bond acceptors (Lipinski definition) is 7. The zero-order chi connectivity index (χ0) is 26.9. The molecule has 2 N–H and O–H groups in total. The highest BCUT2D eigenvalue weighted by Crippen LogP contribution is 2.34. The van der Waals surface area contributed by atoms with E-state index in [-0.39, 0.29) is 25.3 Å². The first-order valence-corrected chi connectivity index (χ1v) is 12.0. The van der Waals surface area contributed by atoms with Gasteiger partial charge in [0.25, 0.3) is 5.91 Å². The summed E-state index contributed by atoms with van der Waals surface area (Å²) in [4.78, 5) is 39.0. The number of carbonyl (C=O) groups excluding carboxylic acids is 3. The van der Waals surface area contributed by atoms with Crippen LogP contribution in [0, 0.1) is 0 Å². The highest BCUT2D eigenvalue weighted by Gasteiger charge is 2.36. The molecule has 0 saturated heterocycles. The van der Waals surface area contributed by atoms with Crippen molar-refractivity contribution in [1.82, 2.24) is 19.9 Å². The molecule has 1 aliphatic rings. The van der Waals surface area contributed by atoms with E-state index in [2.05, 4.69) is 10.3 Å². The van der Waals surface area contributed by atoms with Gasteiger partial charge in [-0.25, -0.2) is 4.68 Å². The summed E-state index contributed by atoms with van der Waals surface area (Å²) in [6.07, 6.45) is 0.0592. The molecule has 37 heavy (non-hydrogen) atoms. The fraction of sp³-hybridized carbons (Fsp3) is 0.370. The number of aryl methyl sites for hydroxylation is 1. The molecule has 4 rings (SSSR count). The number of amides is 2. The van der Waals surface area contributed by atoms with Crippen LogP contribution in [0.2, 0.25) is 0 Å². The molecule has 1 atom stereocenters. The summed E-state index contributed by atoms with van der Waals surface area (Å²) in [7, 11) is 3.43. The summed E-state index contributed by atoms with van der Waals surface area (Å²) in [5.74, 6) is -0.670. The molecule has 0 spiro atoms. The summed E-state index contributed by atoms with van der Waals surface area (Å²) >= 11 is 0. The van der Waals surface area contributed by atoms with Gasteiger partial charge in [-0.15, -0.1) is 5.10 Å². The zero-order valence-electron chi connectivity index (χ0n) is 21.6. The fourth-order valence-electron chi connectivity index (χ4n) is 4.47. The summed E-state index contributed by atoms with van der Waals surface area (Å²) in [6, 6.07) is 12.1. The topological polar surface area (TPSA) is 130 Å². The number of esters is 1. The standard InChI is InChI=1S/C27H31N5O5/c1-27(2,3)37-22(33)13-12-21(25(28)34)32-15-18-14-17(8-11-20(18)26(32)35)23-24(31(4)30-29-23)16-6-9-19(36-5)10-7-16/h6-11,14,21H,12-13,15H2,1-5H3,(H2,28,34). The van der Waals surface area contributed by atoms with E-state index in [4.69, 9.17) is 15.2 Å². The van der Waals surface area contributed by atoms with Crippen molar-refractivity contribution < 1.29 is 23.9 Å². The first-order chi connectivity index (χ1) is 17.5. The largest absolute Gasteiger partial charge is 0.497 e. The van der Waals surface area contributed by atoms with Crippen LogP contribution in [-0.4, -0.2) is 56.4 Å². The average Bonchev–Trinajstić information content (AvgIpc) is 3.37. The molecule has 0 saturated carbocycles. The number of ether oxygens (including phenoxy) is 2. The third-order valence-corrected chi connectivity index (χ3v) is 6.15. The Labute approximate surface area is 215 Å². The lowest BCUT2D eigenvalue weighted by molar-refractivity contribution is -0.155. The van der Waals surface area contributed by atoms with Gasteiger partial charge in [-0.3, -0.25) is 14.4 Å². The first-order valence-electron chi connectivity index (χ1n) is 12.0. The molecule has 0 aliphatic carbocycles. The molecule has 2 amide bonds. The van der Waals surface area contributed by atoms with Gasteiger partial charge in [0.15, 0.2) is 0 Å². The zero-order valence-corrected chi connectivity index (χ0v) is 21.6.